The summed E-state index contributed by atoms with van der Waals surface area (Å²) in [6.45, 7) is 0. The van der Waals surface area contributed by atoms with Gasteiger partial charge in [-0.1, -0.05) is 170 Å². The van der Waals surface area contributed by atoms with Crippen LogP contribution in [-0.2, 0) is 0 Å². The molecule has 0 spiro atoms. The third kappa shape index (κ3) is 5.65. The van der Waals surface area contributed by atoms with E-state index in [4.69, 9.17) is 15.0 Å². The largest absolute Gasteiger partial charge is 0.208 e. The van der Waals surface area contributed by atoms with Gasteiger partial charge in [0.1, 0.15) is 0 Å². The summed E-state index contributed by atoms with van der Waals surface area (Å²) < 4.78 is 0. The van der Waals surface area contributed by atoms with Crippen LogP contribution in [-0.4, -0.2) is 15.0 Å². The lowest BCUT2D eigenvalue weighted by molar-refractivity contribution is 1.07. The number of hydrogen-bond acceptors (Lipinski definition) is 4. The zero-order valence-corrected chi connectivity index (χ0v) is 31.3. The molecule has 1 aromatic heterocycles. The van der Waals surface area contributed by atoms with Crippen molar-refractivity contribution < 1.29 is 0 Å². The fourth-order valence-corrected chi connectivity index (χ4v) is 8.46. The van der Waals surface area contributed by atoms with Crippen molar-refractivity contribution in [3.05, 3.63) is 200 Å². The van der Waals surface area contributed by atoms with E-state index in [1.807, 2.05) is 66.7 Å². The van der Waals surface area contributed by atoms with Crippen LogP contribution in [0, 0.1) is 11.3 Å². The number of rotatable bonds is 6. The second-order valence-electron chi connectivity index (χ2n) is 14.7. The number of benzene rings is 9. The summed E-state index contributed by atoms with van der Waals surface area (Å²) >= 11 is 0. The maximum absolute atomic E-state index is 10.3. The molecule has 0 fully saturated rings. The van der Waals surface area contributed by atoms with Gasteiger partial charge in [0.05, 0.1) is 11.6 Å². The van der Waals surface area contributed by atoms with Gasteiger partial charge in [0, 0.05) is 22.3 Å². The molecule has 11 rings (SSSR count). The summed E-state index contributed by atoms with van der Waals surface area (Å²) in [6, 6.07) is 69.9. The van der Waals surface area contributed by atoms with Crippen LogP contribution < -0.4 is 0 Å². The van der Waals surface area contributed by atoms with Gasteiger partial charge in [0.15, 0.2) is 17.5 Å². The molecular formula is C54H32N4. The van der Waals surface area contributed by atoms with Gasteiger partial charge in [-0.25, -0.2) is 15.0 Å². The molecule has 268 valence electrons. The number of nitriles is 1. The van der Waals surface area contributed by atoms with Gasteiger partial charge < -0.3 is 0 Å². The van der Waals surface area contributed by atoms with Crippen molar-refractivity contribution in [3.8, 4) is 95.9 Å². The first kappa shape index (κ1) is 33.3. The minimum Gasteiger partial charge on any atom is -0.208 e. The highest BCUT2D eigenvalue weighted by molar-refractivity contribution is 6.19. The van der Waals surface area contributed by atoms with Crippen LogP contribution in [0.5, 0.6) is 0 Å². The molecule has 1 aliphatic rings. The van der Waals surface area contributed by atoms with E-state index in [1.165, 1.54) is 38.6 Å². The Morgan fingerprint density at radius 3 is 1.67 bits per heavy atom. The Balaban J connectivity index is 0.966. The number of fused-ring (bicyclic) bond motifs is 4. The molecule has 0 aliphatic heterocycles. The summed E-state index contributed by atoms with van der Waals surface area (Å²) in [5.74, 6) is 1.81. The standard InChI is InChI=1S/C54H32N4/c55-33-44-27-25-41(40-15-8-16-42(30-40)45-29-28-36-14-9-19-47-46-17-6-7-18-48(46)51(45)50(36)47)32-49(44)35-21-23-38(24-22-35)53-56-52(37-11-2-1-3-12-37)57-54(58-53)43-26-20-34-10-4-5-13-39(34)31-43/h1-32H. The van der Waals surface area contributed by atoms with E-state index < -0.39 is 0 Å². The van der Waals surface area contributed by atoms with E-state index in [2.05, 4.69) is 133 Å². The molecule has 0 amide bonds. The van der Waals surface area contributed by atoms with Gasteiger partial charge in [-0.2, -0.15) is 5.26 Å². The van der Waals surface area contributed by atoms with Crippen LogP contribution in [0.4, 0.5) is 0 Å². The first-order valence-corrected chi connectivity index (χ1v) is 19.4. The average molecular weight is 737 g/mol. The van der Waals surface area contributed by atoms with Crippen molar-refractivity contribution in [2.75, 3.05) is 0 Å². The summed E-state index contributed by atoms with van der Waals surface area (Å²) in [5, 5.41) is 15.1. The van der Waals surface area contributed by atoms with Gasteiger partial charge in [0.25, 0.3) is 0 Å². The lowest BCUT2D eigenvalue weighted by atomic mass is 9.90. The second-order valence-corrected chi connectivity index (χ2v) is 14.7. The minimum atomic E-state index is 0.585. The maximum atomic E-state index is 10.3. The van der Waals surface area contributed by atoms with Gasteiger partial charge in [0.2, 0.25) is 0 Å². The normalized spacial score (nSPS) is 11.4. The quantitative estimate of drug-likeness (QED) is 0.170. The van der Waals surface area contributed by atoms with E-state index in [1.54, 1.807) is 0 Å². The molecule has 9 aromatic carbocycles. The lowest BCUT2D eigenvalue weighted by Gasteiger charge is -2.13. The molecule has 58 heavy (non-hydrogen) atoms. The van der Waals surface area contributed by atoms with Crippen molar-refractivity contribution in [1.29, 1.82) is 5.26 Å². The molecule has 0 atom stereocenters. The Bertz CT molecular complexity index is 3290. The van der Waals surface area contributed by atoms with Crippen LogP contribution in [0.3, 0.4) is 0 Å². The Labute approximate surface area is 336 Å². The minimum absolute atomic E-state index is 0.585. The summed E-state index contributed by atoms with van der Waals surface area (Å²) in [5.41, 5.74) is 14.8. The third-order valence-electron chi connectivity index (χ3n) is 11.3. The molecule has 0 radical (unpaired) electrons. The molecule has 0 bridgehead atoms. The first-order chi connectivity index (χ1) is 28.7. The Hall–Kier alpha value is -8.00. The van der Waals surface area contributed by atoms with Crippen molar-refractivity contribution in [2.45, 2.75) is 0 Å². The maximum Gasteiger partial charge on any atom is 0.164 e. The monoisotopic (exact) mass is 736 g/mol. The predicted molar refractivity (Wildman–Crippen MR) is 237 cm³/mol. The number of aromatic nitrogens is 3. The first-order valence-electron chi connectivity index (χ1n) is 19.4. The van der Waals surface area contributed by atoms with Gasteiger partial charge in [-0.15, -0.1) is 0 Å². The Kier molecular flexibility index (Phi) is 7.84. The molecule has 10 aromatic rings. The highest BCUT2D eigenvalue weighted by Gasteiger charge is 2.24. The zero-order chi connectivity index (χ0) is 38.6. The van der Waals surface area contributed by atoms with E-state index in [0.29, 0.717) is 23.0 Å². The highest BCUT2D eigenvalue weighted by Crippen LogP contribution is 2.51. The van der Waals surface area contributed by atoms with Crippen LogP contribution in [0.15, 0.2) is 194 Å². The average Bonchev–Trinajstić information content (AvgIpc) is 3.64. The lowest BCUT2D eigenvalue weighted by Crippen LogP contribution is -2.00. The van der Waals surface area contributed by atoms with Crippen molar-refractivity contribution in [1.82, 2.24) is 15.0 Å². The highest BCUT2D eigenvalue weighted by atomic mass is 15.0. The molecule has 1 aliphatic carbocycles. The molecule has 4 heteroatoms. The van der Waals surface area contributed by atoms with E-state index in [9.17, 15) is 5.26 Å². The van der Waals surface area contributed by atoms with Gasteiger partial charge in [-0.05, 0) is 95.9 Å². The van der Waals surface area contributed by atoms with Crippen LogP contribution in [0.2, 0.25) is 0 Å². The van der Waals surface area contributed by atoms with Crippen molar-refractivity contribution in [3.63, 3.8) is 0 Å². The van der Waals surface area contributed by atoms with E-state index in [0.717, 1.165) is 55.3 Å². The fourth-order valence-electron chi connectivity index (χ4n) is 8.46. The predicted octanol–water partition coefficient (Wildman–Crippen LogP) is 13.7. The van der Waals surface area contributed by atoms with E-state index in [-0.39, 0.29) is 0 Å². The molecule has 1 heterocycles. The Morgan fingerprint density at radius 2 is 0.862 bits per heavy atom. The SMILES string of the molecule is N#Cc1ccc(-c2cccc(-c3ccc4cccc5c4c3-c3ccccc3-5)c2)cc1-c1ccc(-c2nc(-c3ccccc3)nc(-c3ccc4ccccc4c3)n2)cc1. The van der Waals surface area contributed by atoms with Crippen LogP contribution in [0.1, 0.15) is 5.56 Å². The summed E-state index contributed by atoms with van der Waals surface area (Å²) in [7, 11) is 0. The van der Waals surface area contributed by atoms with Crippen LogP contribution in [0.25, 0.3) is 111 Å². The van der Waals surface area contributed by atoms with Gasteiger partial charge >= 0.3 is 0 Å². The molecule has 0 saturated heterocycles. The second kappa shape index (κ2) is 13.6. The fraction of sp³-hybridized carbons (Fsp3) is 0. The van der Waals surface area contributed by atoms with Gasteiger partial charge in [-0.3, -0.25) is 0 Å². The number of hydrogen-bond donors (Lipinski definition) is 0. The summed E-state index contributed by atoms with van der Waals surface area (Å²) in [4.78, 5) is 14.9. The van der Waals surface area contributed by atoms with E-state index >= 15 is 0 Å². The smallest absolute Gasteiger partial charge is 0.164 e. The molecule has 0 saturated carbocycles. The number of nitrogens with zero attached hydrogens (tertiary/aromatic N) is 4. The van der Waals surface area contributed by atoms with Crippen molar-refractivity contribution >= 4 is 21.5 Å². The molecule has 0 N–H and O–H groups in total. The summed E-state index contributed by atoms with van der Waals surface area (Å²) in [6.07, 6.45) is 0. The zero-order valence-electron chi connectivity index (χ0n) is 31.3. The van der Waals surface area contributed by atoms with Crippen LogP contribution >= 0.6 is 0 Å². The molecular weight excluding hydrogens is 705 g/mol. The topological polar surface area (TPSA) is 62.5 Å². The molecule has 4 nitrogen and oxygen atoms in total. The van der Waals surface area contributed by atoms with Crippen molar-refractivity contribution in [2.24, 2.45) is 0 Å². The molecule has 0 unspecified atom stereocenters. The Morgan fingerprint density at radius 1 is 0.310 bits per heavy atom. The third-order valence-corrected chi connectivity index (χ3v) is 11.3.